The van der Waals surface area contributed by atoms with Gasteiger partial charge in [-0.3, -0.25) is 0 Å². The van der Waals surface area contributed by atoms with E-state index in [1.54, 1.807) is 0 Å². The lowest BCUT2D eigenvalue weighted by Crippen LogP contribution is -2.07. The maximum atomic E-state index is 5.94. The average molecular weight is 264 g/mol. The van der Waals surface area contributed by atoms with E-state index in [0.717, 1.165) is 35.8 Å². The number of halogens is 1. The largest absolute Gasteiger partial charge is 0.379 e. The second-order valence-electron chi connectivity index (χ2n) is 4.39. The van der Waals surface area contributed by atoms with Crippen LogP contribution < -0.4 is 5.32 Å². The number of anilines is 1. The van der Waals surface area contributed by atoms with Gasteiger partial charge < -0.3 is 9.88 Å². The number of rotatable bonds is 5. The molecule has 1 N–H and O–H groups in total. The first-order valence-electron chi connectivity index (χ1n) is 6.19. The average Bonchev–Trinajstić information content (AvgIpc) is 2.76. The Hall–Kier alpha value is -1.48. The minimum Gasteiger partial charge on any atom is -0.379 e. The predicted octanol–water partition coefficient (Wildman–Crippen LogP) is 3.87. The summed E-state index contributed by atoms with van der Waals surface area (Å²) in [4.78, 5) is 4.19. The maximum absolute atomic E-state index is 5.94. The van der Waals surface area contributed by atoms with Crippen molar-refractivity contribution in [1.82, 2.24) is 9.55 Å². The molecule has 0 spiro atoms. The number of nitrogens with zero attached hydrogens (tertiary/aromatic N) is 2. The van der Waals surface area contributed by atoms with Gasteiger partial charge in [0.15, 0.2) is 0 Å². The molecule has 0 fully saturated rings. The third-order valence-electron chi connectivity index (χ3n) is 2.91. The Bertz CT molecular complexity index is 520. The molecular weight excluding hydrogens is 246 g/mol. The van der Waals surface area contributed by atoms with Crippen LogP contribution in [0.25, 0.3) is 0 Å². The third kappa shape index (κ3) is 3.05. The van der Waals surface area contributed by atoms with Crippen LogP contribution >= 0.6 is 11.6 Å². The summed E-state index contributed by atoms with van der Waals surface area (Å²) in [6.07, 6.45) is 4.91. The molecular formula is C14H18ClN3. The molecule has 0 aliphatic heterocycles. The van der Waals surface area contributed by atoms with Crippen LogP contribution in [0.4, 0.5) is 5.69 Å². The fourth-order valence-electron chi connectivity index (χ4n) is 1.95. The van der Waals surface area contributed by atoms with Crippen molar-refractivity contribution in [2.24, 2.45) is 0 Å². The van der Waals surface area contributed by atoms with E-state index in [1.807, 2.05) is 30.7 Å². The molecule has 3 nitrogen and oxygen atoms in total. The van der Waals surface area contributed by atoms with Crippen molar-refractivity contribution in [1.29, 1.82) is 0 Å². The highest BCUT2D eigenvalue weighted by atomic mass is 35.5. The van der Waals surface area contributed by atoms with Crippen molar-refractivity contribution in [3.63, 3.8) is 0 Å². The summed E-state index contributed by atoms with van der Waals surface area (Å²) in [5.74, 6) is 0. The first-order chi connectivity index (χ1) is 8.70. The lowest BCUT2D eigenvalue weighted by atomic mass is 10.2. The maximum Gasteiger partial charge on any atom is 0.0948 e. The summed E-state index contributed by atoms with van der Waals surface area (Å²) >= 11 is 5.94. The Kier molecular flexibility index (Phi) is 4.26. The van der Waals surface area contributed by atoms with Crippen LogP contribution in [0.5, 0.6) is 0 Å². The van der Waals surface area contributed by atoms with E-state index in [1.165, 1.54) is 5.69 Å². The molecule has 0 bridgehead atoms. The molecule has 4 heteroatoms. The fraction of sp³-hybridized carbons (Fsp3) is 0.357. The van der Waals surface area contributed by atoms with E-state index in [9.17, 15) is 0 Å². The van der Waals surface area contributed by atoms with Crippen molar-refractivity contribution in [3.8, 4) is 0 Å². The first-order valence-corrected chi connectivity index (χ1v) is 6.57. The van der Waals surface area contributed by atoms with Gasteiger partial charge in [0.1, 0.15) is 0 Å². The normalized spacial score (nSPS) is 10.6. The molecule has 0 aliphatic rings. The number of hydrogen-bond donors (Lipinski definition) is 1. The number of aryl methyl sites for hydroxylation is 2. The molecule has 0 aliphatic carbocycles. The van der Waals surface area contributed by atoms with Crippen molar-refractivity contribution >= 4 is 17.3 Å². The van der Waals surface area contributed by atoms with Gasteiger partial charge in [-0.2, -0.15) is 0 Å². The Morgan fingerprint density at radius 2 is 2.22 bits per heavy atom. The molecule has 18 heavy (non-hydrogen) atoms. The highest BCUT2D eigenvalue weighted by Crippen LogP contribution is 2.20. The van der Waals surface area contributed by atoms with Crippen molar-refractivity contribution < 1.29 is 0 Å². The van der Waals surface area contributed by atoms with Crippen LogP contribution in [0.1, 0.15) is 24.6 Å². The molecule has 0 unspecified atom stereocenters. The molecule has 2 aromatic rings. The van der Waals surface area contributed by atoms with Crippen molar-refractivity contribution in [2.75, 3.05) is 5.32 Å². The zero-order valence-corrected chi connectivity index (χ0v) is 11.5. The molecule has 0 radical (unpaired) electrons. The molecule has 2 rings (SSSR count). The first kappa shape index (κ1) is 13.0. The predicted molar refractivity (Wildman–Crippen MR) is 76.0 cm³/mol. The Balaban J connectivity index is 2.04. The van der Waals surface area contributed by atoms with E-state index in [-0.39, 0.29) is 0 Å². The number of hydrogen-bond acceptors (Lipinski definition) is 2. The monoisotopic (exact) mass is 263 g/mol. The van der Waals surface area contributed by atoms with Gasteiger partial charge >= 0.3 is 0 Å². The van der Waals surface area contributed by atoms with Crippen LogP contribution in [-0.4, -0.2) is 9.55 Å². The van der Waals surface area contributed by atoms with Crippen molar-refractivity contribution in [3.05, 3.63) is 47.0 Å². The standard InChI is InChI=1S/C14H18ClN3/c1-3-6-18-10-16-8-13(18)9-17-14-5-4-12(15)7-11(14)2/h4-5,7-8,10,17H,3,6,9H2,1-2H3. The minimum absolute atomic E-state index is 0.772. The number of imidazole rings is 1. The van der Waals surface area contributed by atoms with Gasteiger partial charge in [-0.1, -0.05) is 18.5 Å². The summed E-state index contributed by atoms with van der Waals surface area (Å²) in [6, 6.07) is 5.88. The quantitative estimate of drug-likeness (QED) is 0.888. The van der Waals surface area contributed by atoms with Gasteiger partial charge in [0.2, 0.25) is 0 Å². The fourth-order valence-corrected chi connectivity index (χ4v) is 2.18. The SMILES string of the molecule is CCCn1cncc1CNc1ccc(Cl)cc1C. The van der Waals surface area contributed by atoms with E-state index < -0.39 is 0 Å². The van der Waals surface area contributed by atoms with Gasteiger partial charge in [-0.15, -0.1) is 0 Å². The highest BCUT2D eigenvalue weighted by Gasteiger charge is 2.03. The Labute approximate surface area is 113 Å². The molecule has 1 aromatic heterocycles. The lowest BCUT2D eigenvalue weighted by Gasteiger charge is -2.11. The summed E-state index contributed by atoms with van der Waals surface area (Å²) in [5, 5.41) is 4.19. The third-order valence-corrected chi connectivity index (χ3v) is 3.15. The van der Waals surface area contributed by atoms with Crippen LogP contribution in [0.3, 0.4) is 0 Å². The molecule has 96 valence electrons. The zero-order valence-electron chi connectivity index (χ0n) is 10.8. The minimum atomic E-state index is 0.772. The molecule has 0 saturated heterocycles. The Morgan fingerprint density at radius 1 is 1.39 bits per heavy atom. The summed E-state index contributed by atoms with van der Waals surface area (Å²) in [6.45, 7) is 6.01. The lowest BCUT2D eigenvalue weighted by molar-refractivity contribution is 0.651. The number of aromatic nitrogens is 2. The zero-order chi connectivity index (χ0) is 13.0. The second-order valence-corrected chi connectivity index (χ2v) is 4.83. The number of benzene rings is 1. The van der Waals surface area contributed by atoms with E-state index in [0.29, 0.717) is 0 Å². The molecule has 1 aromatic carbocycles. The topological polar surface area (TPSA) is 29.9 Å². The van der Waals surface area contributed by atoms with Gasteiger partial charge in [0, 0.05) is 23.5 Å². The van der Waals surface area contributed by atoms with Gasteiger partial charge in [-0.05, 0) is 37.1 Å². The van der Waals surface area contributed by atoms with Crippen LogP contribution in [-0.2, 0) is 13.1 Å². The summed E-state index contributed by atoms with van der Waals surface area (Å²) in [7, 11) is 0. The Morgan fingerprint density at radius 3 is 2.94 bits per heavy atom. The molecule has 0 saturated carbocycles. The van der Waals surface area contributed by atoms with E-state index >= 15 is 0 Å². The molecule has 1 heterocycles. The number of nitrogens with one attached hydrogen (secondary N) is 1. The van der Waals surface area contributed by atoms with Crippen LogP contribution in [0.2, 0.25) is 5.02 Å². The van der Waals surface area contributed by atoms with Gasteiger partial charge in [0.05, 0.1) is 18.6 Å². The molecule has 0 atom stereocenters. The highest BCUT2D eigenvalue weighted by molar-refractivity contribution is 6.30. The summed E-state index contributed by atoms with van der Waals surface area (Å²) in [5.41, 5.74) is 3.47. The summed E-state index contributed by atoms with van der Waals surface area (Å²) < 4.78 is 2.18. The van der Waals surface area contributed by atoms with Crippen molar-refractivity contribution in [2.45, 2.75) is 33.4 Å². The van der Waals surface area contributed by atoms with Crippen LogP contribution in [0, 0.1) is 6.92 Å². The van der Waals surface area contributed by atoms with E-state index in [2.05, 4.69) is 28.7 Å². The van der Waals surface area contributed by atoms with Gasteiger partial charge in [0.25, 0.3) is 0 Å². The smallest absolute Gasteiger partial charge is 0.0948 e. The van der Waals surface area contributed by atoms with Crippen LogP contribution in [0.15, 0.2) is 30.7 Å². The van der Waals surface area contributed by atoms with E-state index in [4.69, 9.17) is 11.6 Å². The molecule has 0 amide bonds. The van der Waals surface area contributed by atoms with Gasteiger partial charge in [-0.25, -0.2) is 4.98 Å². The second kappa shape index (κ2) is 5.91.